The highest BCUT2D eigenvalue weighted by molar-refractivity contribution is 8.01. The van der Waals surface area contributed by atoms with E-state index in [1.54, 1.807) is 79.1 Å². The number of unbranched alkanes of at least 4 members (excludes halogenated alkanes) is 1. The van der Waals surface area contributed by atoms with Crippen molar-refractivity contribution in [1.82, 2.24) is 19.6 Å². The molecule has 0 aliphatic heterocycles. The fraction of sp³-hybridized carbons (Fsp3) is 0.812. The fourth-order valence-corrected chi connectivity index (χ4v) is 9.61. The first-order valence-electron chi connectivity index (χ1n) is 32.8. The van der Waals surface area contributed by atoms with E-state index in [4.69, 9.17) is 56.8 Å². The molecular formula is C64H110N4O24S6. The van der Waals surface area contributed by atoms with Crippen LogP contribution in [0.4, 0.5) is 0 Å². The molecule has 0 aromatic rings. The number of carbonyl (C=O) groups is 12. The maximum Gasteiger partial charge on any atom is 0.318 e. The molecule has 0 spiro atoms. The monoisotopic (exact) mass is 1510 g/mol. The normalized spacial score (nSPS) is 13.1. The third-order valence-corrected chi connectivity index (χ3v) is 19.9. The van der Waals surface area contributed by atoms with Crippen molar-refractivity contribution in [3.8, 4) is 0 Å². The smallest absolute Gasteiger partial charge is 0.318 e. The lowest BCUT2D eigenvalue weighted by Gasteiger charge is -2.27. The second-order valence-electron chi connectivity index (χ2n) is 21.9. The van der Waals surface area contributed by atoms with E-state index in [-0.39, 0.29) is 189 Å². The third-order valence-electron chi connectivity index (χ3n) is 14.5. The van der Waals surface area contributed by atoms with E-state index in [2.05, 4.69) is 9.80 Å². The highest BCUT2D eigenvalue weighted by Crippen LogP contribution is 2.14. The molecule has 0 aliphatic carbocycles. The van der Waals surface area contributed by atoms with Crippen molar-refractivity contribution < 1.29 is 114 Å². The van der Waals surface area contributed by atoms with Gasteiger partial charge in [0.05, 0.1) is 70.0 Å². The van der Waals surface area contributed by atoms with Crippen molar-refractivity contribution in [2.45, 2.75) is 137 Å². The van der Waals surface area contributed by atoms with Gasteiger partial charge in [0.15, 0.2) is 0 Å². The van der Waals surface area contributed by atoms with Crippen LogP contribution in [0.5, 0.6) is 0 Å². The van der Waals surface area contributed by atoms with Gasteiger partial charge in [-0.05, 0) is 144 Å². The molecule has 0 saturated heterocycles. The zero-order chi connectivity index (χ0) is 73.5. The highest BCUT2D eigenvalue weighted by Gasteiger charge is 2.22. The number of rotatable bonds is 61. The predicted molar refractivity (Wildman–Crippen MR) is 381 cm³/mol. The molecule has 0 radical (unpaired) electrons. The molecule has 0 heterocycles. The van der Waals surface area contributed by atoms with Gasteiger partial charge in [0.2, 0.25) is 0 Å². The van der Waals surface area contributed by atoms with Crippen LogP contribution in [0.2, 0.25) is 0 Å². The summed E-state index contributed by atoms with van der Waals surface area (Å²) in [6.45, 7) is 13.0. The zero-order valence-electron chi connectivity index (χ0n) is 59.5. The zero-order valence-corrected chi connectivity index (χ0v) is 64.4. The summed E-state index contributed by atoms with van der Waals surface area (Å²) in [6.07, 6.45) is 12.8. The van der Waals surface area contributed by atoms with Crippen molar-refractivity contribution in [2.24, 2.45) is 0 Å². The molecular weight excluding hydrogens is 1400 g/mol. The first kappa shape index (κ1) is 93.6. The van der Waals surface area contributed by atoms with Gasteiger partial charge in [-0.25, -0.2) is 0 Å². The number of esters is 12. The van der Waals surface area contributed by atoms with Crippen molar-refractivity contribution in [1.29, 1.82) is 0 Å². The molecule has 0 aliphatic rings. The van der Waals surface area contributed by atoms with Gasteiger partial charge in [-0.1, -0.05) is 0 Å². The summed E-state index contributed by atoms with van der Waals surface area (Å²) in [5.41, 5.74) is 0. The molecule has 0 aromatic carbocycles. The maximum atomic E-state index is 13.1. The Labute approximate surface area is 605 Å². The summed E-state index contributed by atoms with van der Waals surface area (Å²) in [4.78, 5) is 159. The van der Waals surface area contributed by atoms with Crippen LogP contribution in [0.1, 0.15) is 106 Å². The van der Waals surface area contributed by atoms with Gasteiger partial charge in [0.25, 0.3) is 0 Å². The molecule has 0 aromatic heterocycles. The second kappa shape index (κ2) is 60.2. The topological polar surface area (TPSA) is 329 Å². The molecule has 6 unspecified atom stereocenters. The van der Waals surface area contributed by atoms with E-state index in [0.717, 1.165) is 0 Å². The van der Waals surface area contributed by atoms with Crippen LogP contribution in [0.15, 0.2) is 0 Å². The Morgan fingerprint density at radius 1 is 0.214 bits per heavy atom. The van der Waals surface area contributed by atoms with Gasteiger partial charge in [-0.2, -0.15) is 70.6 Å². The van der Waals surface area contributed by atoms with Gasteiger partial charge in [-0.15, -0.1) is 0 Å². The number of carbonyl (C=O) groups excluding carboxylic acids is 12. The third kappa shape index (κ3) is 50.0. The largest absolute Gasteiger partial charge is 0.462 e. The van der Waals surface area contributed by atoms with Gasteiger partial charge in [0, 0.05) is 39.3 Å². The van der Waals surface area contributed by atoms with Gasteiger partial charge < -0.3 is 76.4 Å². The van der Waals surface area contributed by atoms with Crippen LogP contribution in [0.3, 0.4) is 0 Å². The summed E-state index contributed by atoms with van der Waals surface area (Å²) in [7, 11) is 0. The van der Waals surface area contributed by atoms with E-state index in [1.165, 1.54) is 70.6 Å². The molecule has 0 bridgehead atoms. The van der Waals surface area contributed by atoms with Crippen molar-refractivity contribution in [3.05, 3.63) is 0 Å². The van der Waals surface area contributed by atoms with E-state index >= 15 is 0 Å². The highest BCUT2D eigenvalue weighted by atomic mass is 32.2. The minimum atomic E-state index is -0.538. The van der Waals surface area contributed by atoms with Crippen molar-refractivity contribution in [2.75, 3.05) is 195 Å². The van der Waals surface area contributed by atoms with Crippen LogP contribution in [-0.4, -0.2) is 318 Å². The minimum Gasteiger partial charge on any atom is -0.462 e. The Hall–Kier alpha value is -4.42. The number of nitrogens with zero attached hydrogens (tertiary/aromatic N) is 4. The quantitative estimate of drug-likeness (QED) is 0.0433. The number of thioether (sulfide) groups is 6. The van der Waals surface area contributed by atoms with E-state index in [0.29, 0.717) is 65.0 Å². The van der Waals surface area contributed by atoms with Gasteiger partial charge in [0.1, 0.15) is 79.3 Å². The van der Waals surface area contributed by atoms with Crippen LogP contribution >= 0.6 is 70.6 Å². The van der Waals surface area contributed by atoms with E-state index in [9.17, 15) is 57.5 Å². The molecule has 0 rings (SSSR count). The molecule has 0 N–H and O–H groups in total. The summed E-state index contributed by atoms with van der Waals surface area (Å²) >= 11 is 7.96. The molecule has 98 heavy (non-hydrogen) atoms. The number of ether oxygens (including phenoxy) is 12. The average Bonchev–Trinajstić information content (AvgIpc) is 3.19. The first-order chi connectivity index (χ1) is 46.8. The van der Waals surface area contributed by atoms with Crippen LogP contribution < -0.4 is 0 Å². The minimum absolute atomic E-state index is 0.00374. The molecule has 0 fully saturated rings. The Morgan fingerprint density at radius 2 is 0.347 bits per heavy atom. The summed E-state index contributed by atoms with van der Waals surface area (Å²) in [5, 5.41) is -2.29. The molecule has 566 valence electrons. The molecule has 0 amide bonds. The fourth-order valence-electron chi connectivity index (χ4n) is 8.05. The van der Waals surface area contributed by atoms with Crippen LogP contribution in [0, 0.1) is 0 Å². The van der Waals surface area contributed by atoms with Gasteiger partial charge in [-0.3, -0.25) is 57.5 Å². The summed E-state index contributed by atoms with van der Waals surface area (Å²) in [5.74, 6) is -5.71. The van der Waals surface area contributed by atoms with Gasteiger partial charge >= 0.3 is 71.6 Å². The maximum absolute atomic E-state index is 13.1. The van der Waals surface area contributed by atoms with Crippen molar-refractivity contribution in [3.63, 3.8) is 0 Å². The Kier molecular flexibility index (Phi) is 57.5. The van der Waals surface area contributed by atoms with Crippen LogP contribution in [0.25, 0.3) is 0 Å². The lowest BCUT2D eigenvalue weighted by atomic mass is 10.2. The Bertz CT molecular complexity index is 2070. The molecule has 28 nitrogen and oxygen atoms in total. The Morgan fingerprint density at radius 3 is 0.500 bits per heavy atom. The standard InChI is InChI=1S/C64H110N4O24S6/c1-47(93-7)59(75)87-41-35-81-53(69)17-29-65(25-15-27-67(31-19-55(71)83-37-43-89-61(77)49(3)95-9)32-20-56(72)84-38-44-90-62(78)50(4)96-10)23-13-14-24-66(30-18-54(70)82-36-42-88-60(76)48(2)94-8)26-16-28-68(33-21-57(73)85-39-45-91-63(79)51(5)97-11)34-22-58(74)86-40-46-92-64(80)52(6)98-12/h47-52H,13-46H2,1-12H3. The number of hydrogen-bond acceptors (Lipinski definition) is 34. The first-order valence-corrected chi connectivity index (χ1v) is 40.6. The molecule has 6 atom stereocenters. The number of hydrogen-bond donors (Lipinski definition) is 0. The van der Waals surface area contributed by atoms with Crippen molar-refractivity contribution >= 4 is 142 Å². The SMILES string of the molecule is CSC(C)C(=O)OCCOC(=O)CCN(CCCCN(CCCN(CCC(=O)OCCOC(=O)C(C)SC)CCC(=O)OCCOC(=O)C(C)SC)CCC(=O)OCCOC(=O)C(C)SC)CCCN(CCC(=O)OCCOC(=O)C(C)SC)CCC(=O)OCCOC(=O)C(C)SC. The lowest BCUT2D eigenvalue weighted by molar-refractivity contribution is -0.152. The van der Waals surface area contributed by atoms with E-state index in [1.807, 2.05) is 9.80 Å². The average molecular weight is 1510 g/mol. The van der Waals surface area contributed by atoms with E-state index < -0.39 is 71.6 Å². The summed E-state index contributed by atoms with van der Waals surface area (Å²) < 4.78 is 63.5. The lowest BCUT2D eigenvalue weighted by Crippen LogP contribution is -2.36. The molecule has 0 saturated carbocycles. The summed E-state index contributed by atoms with van der Waals surface area (Å²) in [6, 6.07) is 0. The second-order valence-corrected chi connectivity index (χ2v) is 28.9. The van der Waals surface area contributed by atoms with Crippen LogP contribution in [-0.2, 0) is 114 Å². The predicted octanol–water partition coefficient (Wildman–Crippen LogP) is 5.12. The Balaban J connectivity index is 6.55. The molecule has 34 heteroatoms.